The summed E-state index contributed by atoms with van der Waals surface area (Å²) in [5.74, 6) is 0.358. The number of benzene rings is 1. The van der Waals surface area contributed by atoms with E-state index in [1.165, 1.54) is 6.07 Å². The molecule has 1 aromatic heterocycles. The summed E-state index contributed by atoms with van der Waals surface area (Å²) in [5.41, 5.74) is 7.94. The van der Waals surface area contributed by atoms with E-state index in [0.717, 1.165) is 11.3 Å². The van der Waals surface area contributed by atoms with Gasteiger partial charge in [-0.15, -0.1) is 5.10 Å². The van der Waals surface area contributed by atoms with Crippen LogP contribution in [0.1, 0.15) is 11.3 Å². The lowest BCUT2D eigenvalue weighted by atomic mass is 10.1. The molecule has 0 radical (unpaired) electrons. The number of ether oxygens (including phenoxy) is 1. The molecular weight excluding hydrogens is 328 g/mol. The van der Waals surface area contributed by atoms with Crippen LogP contribution in [0, 0.1) is 10.1 Å². The van der Waals surface area contributed by atoms with Crippen LogP contribution in [-0.2, 0) is 17.8 Å². The highest BCUT2D eigenvalue weighted by Crippen LogP contribution is 2.31. The molecular formula is C12H11BrN4O3. The Morgan fingerprint density at radius 2 is 2.30 bits per heavy atom. The van der Waals surface area contributed by atoms with Crippen LogP contribution in [-0.4, -0.2) is 21.3 Å². The Morgan fingerprint density at radius 1 is 1.50 bits per heavy atom. The van der Waals surface area contributed by atoms with Crippen molar-refractivity contribution in [3.8, 4) is 5.69 Å². The molecule has 0 bridgehead atoms. The van der Waals surface area contributed by atoms with Crippen LogP contribution in [0.2, 0.25) is 0 Å². The van der Waals surface area contributed by atoms with Crippen molar-refractivity contribution in [3.05, 3.63) is 44.0 Å². The van der Waals surface area contributed by atoms with Crippen molar-refractivity contribution >= 4 is 27.4 Å². The molecule has 8 heteroatoms. The number of hydrogen-bond donors (Lipinski definition) is 1. The lowest BCUT2D eigenvalue weighted by Gasteiger charge is -2.14. The molecule has 0 atom stereocenters. The molecule has 7 nitrogen and oxygen atoms in total. The second-order valence-electron chi connectivity index (χ2n) is 4.42. The average Bonchev–Trinajstić information content (AvgIpc) is 2.77. The van der Waals surface area contributed by atoms with Gasteiger partial charge in [0.2, 0.25) is 0 Å². The van der Waals surface area contributed by atoms with E-state index < -0.39 is 4.92 Å². The van der Waals surface area contributed by atoms with E-state index in [1.807, 2.05) is 0 Å². The molecule has 1 aromatic carbocycles. The van der Waals surface area contributed by atoms with E-state index in [9.17, 15) is 10.1 Å². The van der Waals surface area contributed by atoms with E-state index in [2.05, 4.69) is 21.0 Å². The van der Waals surface area contributed by atoms with Crippen LogP contribution in [0.4, 0.5) is 11.5 Å². The summed E-state index contributed by atoms with van der Waals surface area (Å²) in [6.45, 7) is 0.952. The maximum Gasteiger partial charge on any atom is 0.296 e. The van der Waals surface area contributed by atoms with Gasteiger partial charge in [0.15, 0.2) is 5.82 Å². The summed E-state index contributed by atoms with van der Waals surface area (Å²) in [4.78, 5) is 10.8. The Labute approximate surface area is 122 Å². The van der Waals surface area contributed by atoms with Crippen molar-refractivity contribution in [2.75, 3.05) is 12.3 Å². The third-order valence-electron chi connectivity index (χ3n) is 3.21. The second kappa shape index (κ2) is 4.88. The lowest BCUT2D eigenvalue weighted by molar-refractivity contribution is -0.384. The maximum absolute atomic E-state index is 11.2. The molecule has 1 aliphatic heterocycles. The van der Waals surface area contributed by atoms with Crippen molar-refractivity contribution in [2.45, 2.75) is 13.0 Å². The fraction of sp³-hybridized carbons (Fsp3) is 0.250. The minimum Gasteiger partial charge on any atom is -0.382 e. The van der Waals surface area contributed by atoms with Gasteiger partial charge in [-0.05, 0) is 12.1 Å². The number of nitrogens with two attached hydrogens (primary N) is 1. The lowest BCUT2D eigenvalue weighted by Crippen LogP contribution is -2.13. The van der Waals surface area contributed by atoms with Gasteiger partial charge in [-0.1, -0.05) is 15.9 Å². The second-order valence-corrected chi connectivity index (χ2v) is 5.33. The fourth-order valence-electron chi connectivity index (χ4n) is 2.28. The number of nitro benzene ring substituents is 1. The predicted octanol–water partition coefficient (Wildman–Crippen LogP) is 2.20. The van der Waals surface area contributed by atoms with Crippen molar-refractivity contribution in [1.82, 2.24) is 9.78 Å². The topological polar surface area (TPSA) is 96.2 Å². The molecule has 3 rings (SSSR count). The van der Waals surface area contributed by atoms with E-state index in [0.29, 0.717) is 35.6 Å². The highest BCUT2D eigenvalue weighted by molar-refractivity contribution is 9.10. The van der Waals surface area contributed by atoms with Gasteiger partial charge in [-0.3, -0.25) is 10.1 Å². The van der Waals surface area contributed by atoms with Crippen molar-refractivity contribution in [2.24, 2.45) is 0 Å². The largest absolute Gasteiger partial charge is 0.382 e. The first-order valence-electron chi connectivity index (χ1n) is 5.96. The minimum absolute atomic E-state index is 0.0174. The smallest absolute Gasteiger partial charge is 0.296 e. The van der Waals surface area contributed by atoms with Crippen LogP contribution in [0.15, 0.2) is 22.7 Å². The first-order chi connectivity index (χ1) is 9.58. The molecule has 20 heavy (non-hydrogen) atoms. The Bertz CT molecular complexity index is 698. The highest BCUT2D eigenvalue weighted by atomic mass is 79.9. The normalized spacial score (nSPS) is 14.1. The van der Waals surface area contributed by atoms with Gasteiger partial charge >= 0.3 is 0 Å². The third kappa shape index (κ3) is 2.06. The number of nitrogens with zero attached hydrogens (tertiary/aromatic N) is 3. The van der Waals surface area contributed by atoms with Crippen LogP contribution < -0.4 is 5.73 Å². The van der Waals surface area contributed by atoms with Crippen molar-refractivity contribution in [1.29, 1.82) is 0 Å². The summed E-state index contributed by atoms with van der Waals surface area (Å²) in [6, 6.07) is 4.86. The first kappa shape index (κ1) is 13.1. The Morgan fingerprint density at radius 3 is 3.05 bits per heavy atom. The van der Waals surface area contributed by atoms with Gasteiger partial charge in [0, 0.05) is 22.5 Å². The van der Waals surface area contributed by atoms with E-state index in [-0.39, 0.29) is 5.69 Å². The number of fused-ring (bicyclic) bond motifs is 1. The molecule has 1 aliphatic rings. The van der Waals surface area contributed by atoms with Gasteiger partial charge in [0.25, 0.3) is 5.69 Å². The Hall–Kier alpha value is -1.93. The molecule has 0 spiro atoms. The standard InChI is InChI=1S/C12H11BrN4O3/c13-7-1-2-10(11(5-7)17(18)19)16-9-3-4-20-6-8(9)12(14)15-16/h1-2,5H,3-4,6H2,(H2,14,15). The number of rotatable bonds is 2. The Kier molecular flexibility index (Phi) is 3.19. The van der Waals surface area contributed by atoms with E-state index >= 15 is 0 Å². The number of nitrogen functional groups attached to an aromatic ring is 1. The molecule has 2 N–H and O–H groups in total. The van der Waals surface area contributed by atoms with Crippen LogP contribution in [0.5, 0.6) is 0 Å². The van der Waals surface area contributed by atoms with Crippen LogP contribution >= 0.6 is 15.9 Å². The van der Waals surface area contributed by atoms with Crippen molar-refractivity contribution < 1.29 is 9.66 Å². The summed E-state index contributed by atoms with van der Waals surface area (Å²) >= 11 is 3.24. The molecule has 2 heterocycles. The number of aromatic nitrogens is 2. The molecule has 104 valence electrons. The third-order valence-corrected chi connectivity index (χ3v) is 3.71. The molecule has 0 saturated heterocycles. The maximum atomic E-state index is 11.2. The number of hydrogen-bond acceptors (Lipinski definition) is 5. The minimum atomic E-state index is -0.427. The summed E-state index contributed by atoms with van der Waals surface area (Å²) in [5, 5.41) is 15.4. The first-order valence-corrected chi connectivity index (χ1v) is 6.75. The summed E-state index contributed by atoms with van der Waals surface area (Å²) in [7, 11) is 0. The predicted molar refractivity (Wildman–Crippen MR) is 75.7 cm³/mol. The Balaban J connectivity index is 2.21. The number of anilines is 1. The van der Waals surface area contributed by atoms with Gasteiger partial charge in [-0.2, -0.15) is 0 Å². The van der Waals surface area contributed by atoms with E-state index in [4.69, 9.17) is 10.5 Å². The number of nitro groups is 1. The molecule has 0 fully saturated rings. The fourth-order valence-corrected chi connectivity index (χ4v) is 2.63. The quantitative estimate of drug-likeness (QED) is 0.668. The molecule has 0 saturated carbocycles. The van der Waals surface area contributed by atoms with Gasteiger partial charge < -0.3 is 10.5 Å². The molecule has 0 amide bonds. The summed E-state index contributed by atoms with van der Waals surface area (Å²) in [6.07, 6.45) is 0.632. The summed E-state index contributed by atoms with van der Waals surface area (Å²) < 4.78 is 7.55. The van der Waals surface area contributed by atoms with Crippen LogP contribution in [0.25, 0.3) is 5.69 Å². The zero-order valence-electron chi connectivity index (χ0n) is 10.4. The highest BCUT2D eigenvalue weighted by Gasteiger charge is 2.25. The average molecular weight is 339 g/mol. The molecule has 0 aliphatic carbocycles. The molecule has 0 unspecified atom stereocenters. The zero-order chi connectivity index (χ0) is 14.3. The SMILES string of the molecule is Nc1nn(-c2ccc(Br)cc2[N+](=O)[O-])c2c1COCC2. The van der Waals surface area contributed by atoms with Crippen molar-refractivity contribution in [3.63, 3.8) is 0 Å². The number of halogens is 1. The van der Waals surface area contributed by atoms with Gasteiger partial charge in [0.05, 0.1) is 23.8 Å². The monoisotopic (exact) mass is 338 g/mol. The van der Waals surface area contributed by atoms with Gasteiger partial charge in [-0.25, -0.2) is 4.68 Å². The molecule has 2 aromatic rings. The zero-order valence-corrected chi connectivity index (χ0v) is 12.0. The van der Waals surface area contributed by atoms with E-state index in [1.54, 1.807) is 16.8 Å². The van der Waals surface area contributed by atoms with Crippen LogP contribution in [0.3, 0.4) is 0 Å². The van der Waals surface area contributed by atoms with Gasteiger partial charge in [0.1, 0.15) is 5.69 Å².